The Morgan fingerprint density at radius 2 is 2.04 bits per heavy atom. The number of hydrogen-bond donors (Lipinski definition) is 3. The van der Waals surface area contributed by atoms with Gasteiger partial charge < -0.3 is 20.7 Å². The van der Waals surface area contributed by atoms with Gasteiger partial charge >= 0.3 is 0 Å². The standard InChI is InChI=1S/C20H26N4O2S/c1-21-20(23-10-3-9-22-19(25)18-4-2-13-27-18)24-11-7-15-5-6-17-16(14-15)8-12-26-17/h2,4-6,13-14H,3,7-12H2,1H3,(H,22,25)(H2,21,23,24). The first-order valence-corrected chi connectivity index (χ1v) is 10.1. The number of guanidine groups is 1. The molecule has 0 spiro atoms. The largest absolute Gasteiger partial charge is 0.493 e. The van der Waals surface area contributed by atoms with Gasteiger partial charge in [-0.1, -0.05) is 18.2 Å². The molecule has 0 saturated heterocycles. The average Bonchev–Trinajstić information content (AvgIpc) is 3.37. The molecule has 27 heavy (non-hydrogen) atoms. The molecular weight excluding hydrogens is 360 g/mol. The van der Waals surface area contributed by atoms with Crippen LogP contribution in [0.1, 0.15) is 27.2 Å². The smallest absolute Gasteiger partial charge is 0.261 e. The van der Waals surface area contributed by atoms with E-state index in [0.717, 1.165) is 55.5 Å². The number of thiophene rings is 1. The molecule has 6 nitrogen and oxygen atoms in total. The zero-order chi connectivity index (χ0) is 18.9. The lowest BCUT2D eigenvalue weighted by molar-refractivity contribution is 0.0957. The molecule has 1 aromatic carbocycles. The summed E-state index contributed by atoms with van der Waals surface area (Å²) < 4.78 is 5.54. The van der Waals surface area contributed by atoms with Crippen molar-refractivity contribution in [3.05, 3.63) is 51.7 Å². The van der Waals surface area contributed by atoms with Crippen molar-refractivity contribution < 1.29 is 9.53 Å². The molecule has 0 aliphatic carbocycles. The first kappa shape index (κ1) is 19.2. The van der Waals surface area contributed by atoms with Crippen molar-refractivity contribution in [1.29, 1.82) is 0 Å². The van der Waals surface area contributed by atoms with E-state index in [1.165, 1.54) is 22.5 Å². The lowest BCUT2D eigenvalue weighted by atomic mass is 10.1. The third-order valence-corrected chi connectivity index (χ3v) is 5.23. The fraction of sp³-hybridized carbons (Fsp3) is 0.400. The molecule has 1 aliphatic rings. The minimum Gasteiger partial charge on any atom is -0.493 e. The van der Waals surface area contributed by atoms with Crippen LogP contribution in [0.2, 0.25) is 0 Å². The molecule has 3 N–H and O–H groups in total. The van der Waals surface area contributed by atoms with E-state index in [1.54, 1.807) is 7.05 Å². The van der Waals surface area contributed by atoms with E-state index in [-0.39, 0.29) is 5.91 Å². The van der Waals surface area contributed by atoms with Gasteiger partial charge in [0, 0.05) is 33.1 Å². The Hall–Kier alpha value is -2.54. The number of carbonyl (C=O) groups excluding carboxylic acids is 1. The summed E-state index contributed by atoms with van der Waals surface area (Å²) in [5.41, 5.74) is 2.61. The second-order valence-electron chi connectivity index (χ2n) is 6.30. The Balaban J connectivity index is 1.29. The van der Waals surface area contributed by atoms with Crippen LogP contribution in [0.25, 0.3) is 0 Å². The van der Waals surface area contributed by atoms with Crippen molar-refractivity contribution in [3.63, 3.8) is 0 Å². The van der Waals surface area contributed by atoms with Crippen LogP contribution in [0.3, 0.4) is 0 Å². The third-order valence-electron chi connectivity index (χ3n) is 4.36. The quantitative estimate of drug-likeness (QED) is 0.369. The maximum atomic E-state index is 11.8. The van der Waals surface area contributed by atoms with E-state index in [2.05, 4.69) is 39.1 Å². The van der Waals surface area contributed by atoms with E-state index in [0.29, 0.717) is 6.54 Å². The highest BCUT2D eigenvalue weighted by atomic mass is 32.1. The first-order chi connectivity index (χ1) is 13.3. The lowest BCUT2D eigenvalue weighted by Gasteiger charge is -2.12. The van der Waals surface area contributed by atoms with Gasteiger partial charge in [0.05, 0.1) is 11.5 Å². The van der Waals surface area contributed by atoms with Gasteiger partial charge in [0.2, 0.25) is 0 Å². The Morgan fingerprint density at radius 1 is 1.19 bits per heavy atom. The van der Waals surface area contributed by atoms with Gasteiger partial charge in [-0.15, -0.1) is 11.3 Å². The van der Waals surface area contributed by atoms with Gasteiger partial charge in [-0.3, -0.25) is 9.79 Å². The van der Waals surface area contributed by atoms with Crippen LogP contribution in [-0.4, -0.2) is 45.2 Å². The van der Waals surface area contributed by atoms with E-state index in [4.69, 9.17) is 4.74 Å². The summed E-state index contributed by atoms with van der Waals surface area (Å²) in [4.78, 5) is 16.8. The molecule has 144 valence electrons. The Bertz CT molecular complexity index is 774. The van der Waals surface area contributed by atoms with Crippen molar-refractivity contribution in [2.45, 2.75) is 19.3 Å². The molecule has 1 aromatic heterocycles. The summed E-state index contributed by atoms with van der Waals surface area (Å²) in [7, 11) is 1.76. The number of amides is 1. The third kappa shape index (κ3) is 5.72. The van der Waals surface area contributed by atoms with Crippen LogP contribution in [0.15, 0.2) is 40.7 Å². The summed E-state index contributed by atoms with van der Waals surface area (Å²) in [5, 5.41) is 11.4. The van der Waals surface area contributed by atoms with Crippen LogP contribution in [0.4, 0.5) is 0 Å². The summed E-state index contributed by atoms with van der Waals surface area (Å²) in [5.74, 6) is 1.80. The molecule has 1 amide bonds. The highest BCUT2D eigenvalue weighted by Gasteiger charge is 2.11. The van der Waals surface area contributed by atoms with Crippen molar-refractivity contribution in [3.8, 4) is 5.75 Å². The summed E-state index contributed by atoms with van der Waals surface area (Å²) in [6, 6.07) is 10.1. The van der Waals surface area contributed by atoms with Gasteiger partial charge in [-0.25, -0.2) is 0 Å². The second-order valence-corrected chi connectivity index (χ2v) is 7.25. The molecule has 0 bridgehead atoms. The molecule has 0 unspecified atom stereocenters. The van der Waals surface area contributed by atoms with Crippen molar-refractivity contribution in [2.24, 2.45) is 4.99 Å². The summed E-state index contributed by atoms with van der Waals surface area (Å²) in [6.07, 6.45) is 2.77. The highest BCUT2D eigenvalue weighted by molar-refractivity contribution is 7.12. The number of hydrogen-bond acceptors (Lipinski definition) is 4. The fourth-order valence-corrected chi connectivity index (χ4v) is 3.57. The number of aliphatic imine (C=N–C) groups is 1. The predicted octanol–water partition coefficient (Wildman–Crippen LogP) is 2.21. The Kier molecular flexibility index (Phi) is 7.10. The van der Waals surface area contributed by atoms with Crippen LogP contribution in [-0.2, 0) is 12.8 Å². The van der Waals surface area contributed by atoms with Crippen molar-refractivity contribution >= 4 is 23.2 Å². The van der Waals surface area contributed by atoms with Gasteiger partial charge in [0.25, 0.3) is 5.91 Å². The highest BCUT2D eigenvalue weighted by Crippen LogP contribution is 2.25. The number of carbonyl (C=O) groups is 1. The Morgan fingerprint density at radius 3 is 2.85 bits per heavy atom. The van der Waals surface area contributed by atoms with Gasteiger partial charge in [0.1, 0.15) is 5.75 Å². The zero-order valence-corrected chi connectivity index (χ0v) is 16.4. The molecule has 0 fully saturated rings. The summed E-state index contributed by atoms with van der Waals surface area (Å²) >= 11 is 1.45. The number of ether oxygens (including phenoxy) is 1. The number of benzene rings is 1. The van der Waals surface area contributed by atoms with E-state index >= 15 is 0 Å². The van der Waals surface area contributed by atoms with E-state index in [1.807, 2.05) is 17.5 Å². The Labute approximate surface area is 164 Å². The molecule has 1 aliphatic heterocycles. The van der Waals surface area contributed by atoms with E-state index in [9.17, 15) is 4.79 Å². The van der Waals surface area contributed by atoms with Gasteiger partial charge in [-0.2, -0.15) is 0 Å². The molecule has 0 atom stereocenters. The van der Waals surface area contributed by atoms with Crippen molar-refractivity contribution in [1.82, 2.24) is 16.0 Å². The van der Waals surface area contributed by atoms with E-state index < -0.39 is 0 Å². The number of fused-ring (bicyclic) bond motifs is 1. The van der Waals surface area contributed by atoms with Crippen LogP contribution in [0, 0.1) is 0 Å². The van der Waals surface area contributed by atoms with Crippen molar-refractivity contribution in [2.75, 3.05) is 33.3 Å². The SMILES string of the molecule is CN=C(NCCCNC(=O)c1cccs1)NCCc1ccc2c(c1)CCO2. The molecule has 0 saturated carbocycles. The minimum atomic E-state index is -0.00717. The maximum absolute atomic E-state index is 11.8. The van der Waals surface area contributed by atoms with Crippen LogP contribution >= 0.6 is 11.3 Å². The molecule has 2 aromatic rings. The number of nitrogens with zero attached hydrogens (tertiary/aromatic N) is 1. The lowest BCUT2D eigenvalue weighted by Crippen LogP contribution is -2.39. The van der Waals surface area contributed by atoms with Crippen LogP contribution in [0.5, 0.6) is 5.75 Å². The molecule has 0 radical (unpaired) electrons. The number of rotatable bonds is 8. The molecule has 2 heterocycles. The molecule has 3 rings (SSSR count). The average molecular weight is 387 g/mol. The topological polar surface area (TPSA) is 74.8 Å². The minimum absolute atomic E-state index is 0.00717. The maximum Gasteiger partial charge on any atom is 0.261 e. The second kappa shape index (κ2) is 9.97. The molecular formula is C20H26N4O2S. The normalized spacial score (nSPS) is 13.0. The van der Waals surface area contributed by atoms with Gasteiger partial charge in [-0.05, 0) is 41.5 Å². The van der Waals surface area contributed by atoms with Gasteiger partial charge in [0.15, 0.2) is 5.96 Å². The number of nitrogens with one attached hydrogen (secondary N) is 3. The zero-order valence-electron chi connectivity index (χ0n) is 15.6. The fourth-order valence-electron chi connectivity index (χ4n) is 2.93. The summed E-state index contributed by atoms with van der Waals surface area (Å²) in [6.45, 7) is 2.99. The van der Waals surface area contributed by atoms with Crippen LogP contribution < -0.4 is 20.7 Å². The monoisotopic (exact) mass is 386 g/mol. The molecule has 7 heteroatoms. The predicted molar refractivity (Wildman–Crippen MR) is 110 cm³/mol. The first-order valence-electron chi connectivity index (χ1n) is 9.27.